The van der Waals surface area contributed by atoms with Gasteiger partial charge in [0.15, 0.2) is 0 Å². The van der Waals surface area contributed by atoms with Crippen molar-refractivity contribution in [1.82, 2.24) is 0 Å². The third-order valence-corrected chi connectivity index (χ3v) is 7.12. The average Bonchev–Trinajstić information content (AvgIpc) is 3.03. The minimum absolute atomic E-state index is 0.0301. The minimum atomic E-state index is -4.07. The smallest absolute Gasteiger partial charge is 0.338 e. The van der Waals surface area contributed by atoms with Crippen LogP contribution in [0, 0.1) is 5.82 Å². The zero-order valence-electron chi connectivity index (χ0n) is 17.4. The first-order valence-corrected chi connectivity index (χ1v) is 12.1. The van der Waals surface area contributed by atoms with Gasteiger partial charge >= 0.3 is 5.97 Å². The molecular formula is C24H24FNO5S. The summed E-state index contributed by atoms with van der Waals surface area (Å²) >= 11 is 0. The maximum atomic E-state index is 13.7. The molecular weight excluding hydrogens is 433 g/mol. The number of ether oxygens (including phenoxy) is 1. The van der Waals surface area contributed by atoms with Crippen molar-refractivity contribution in [2.24, 2.45) is 0 Å². The van der Waals surface area contributed by atoms with E-state index in [0.29, 0.717) is 16.5 Å². The van der Waals surface area contributed by atoms with Crippen molar-refractivity contribution in [1.29, 1.82) is 0 Å². The summed E-state index contributed by atoms with van der Waals surface area (Å²) in [4.78, 5) is 11.2. The number of fused-ring (bicyclic) bond motifs is 1. The van der Waals surface area contributed by atoms with E-state index in [-0.39, 0.29) is 16.7 Å². The van der Waals surface area contributed by atoms with Crippen LogP contribution in [0.3, 0.4) is 0 Å². The van der Waals surface area contributed by atoms with Gasteiger partial charge in [-0.2, -0.15) is 0 Å². The van der Waals surface area contributed by atoms with Crippen molar-refractivity contribution in [3.05, 3.63) is 66.0 Å². The lowest BCUT2D eigenvalue weighted by atomic mass is 10.1. The highest BCUT2D eigenvalue weighted by Gasteiger charge is 2.22. The first kappa shape index (κ1) is 22.1. The molecule has 0 amide bonds. The van der Waals surface area contributed by atoms with Crippen LogP contribution in [0.4, 0.5) is 10.1 Å². The van der Waals surface area contributed by atoms with Gasteiger partial charge in [0, 0.05) is 16.5 Å². The Labute approximate surface area is 186 Å². The van der Waals surface area contributed by atoms with Gasteiger partial charge in [-0.1, -0.05) is 37.1 Å². The highest BCUT2D eigenvalue weighted by atomic mass is 32.2. The summed E-state index contributed by atoms with van der Waals surface area (Å²) in [5, 5.41) is 10.3. The molecule has 0 aromatic heterocycles. The van der Waals surface area contributed by atoms with E-state index >= 15 is 0 Å². The molecule has 0 atom stereocenters. The highest BCUT2D eigenvalue weighted by Crippen LogP contribution is 2.34. The Morgan fingerprint density at radius 3 is 2.34 bits per heavy atom. The molecule has 3 aromatic rings. The molecule has 2 N–H and O–H groups in total. The molecule has 0 saturated heterocycles. The predicted octanol–water partition coefficient (Wildman–Crippen LogP) is 5.58. The summed E-state index contributed by atoms with van der Waals surface area (Å²) in [5.74, 6) is -1.78. The third-order valence-electron chi connectivity index (χ3n) is 5.68. The van der Waals surface area contributed by atoms with E-state index in [1.54, 1.807) is 18.2 Å². The van der Waals surface area contributed by atoms with Gasteiger partial charge in [-0.15, -0.1) is 0 Å². The Morgan fingerprint density at radius 2 is 1.66 bits per heavy atom. The number of hydrogen-bond donors (Lipinski definition) is 2. The molecule has 3 aromatic carbocycles. The summed E-state index contributed by atoms with van der Waals surface area (Å²) in [6.45, 7) is 0. The number of hydrogen-bond acceptors (Lipinski definition) is 4. The fourth-order valence-corrected chi connectivity index (χ4v) is 5.34. The van der Waals surface area contributed by atoms with Gasteiger partial charge in [0.25, 0.3) is 10.0 Å². The Kier molecular flexibility index (Phi) is 6.32. The van der Waals surface area contributed by atoms with Crippen LogP contribution in [0.1, 0.15) is 48.9 Å². The molecule has 1 aliphatic rings. The quantitative estimate of drug-likeness (QED) is 0.472. The fourth-order valence-electron chi connectivity index (χ4n) is 4.08. The maximum Gasteiger partial charge on any atom is 0.338 e. The monoisotopic (exact) mass is 457 g/mol. The van der Waals surface area contributed by atoms with Crippen LogP contribution < -0.4 is 9.46 Å². The summed E-state index contributed by atoms with van der Waals surface area (Å²) in [7, 11) is -4.07. The number of nitrogens with one attached hydrogen (secondary N) is 1. The molecule has 6 nitrogen and oxygen atoms in total. The van der Waals surface area contributed by atoms with Crippen LogP contribution in [-0.4, -0.2) is 25.6 Å². The van der Waals surface area contributed by atoms with Gasteiger partial charge in [-0.3, -0.25) is 4.72 Å². The van der Waals surface area contributed by atoms with Crippen LogP contribution in [0.25, 0.3) is 10.8 Å². The first-order valence-electron chi connectivity index (χ1n) is 10.6. The lowest BCUT2D eigenvalue weighted by Gasteiger charge is -2.19. The van der Waals surface area contributed by atoms with Gasteiger partial charge in [0.1, 0.15) is 11.6 Å². The highest BCUT2D eigenvalue weighted by molar-refractivity contribution is 7.93. The van der Waals surface area contributed by atoms with E-state index in [9.17, 15) is 17.6 Å². The molecule has 0 bridgehead atoms. The number of carbonyl (C=O) groups is 1. The Hall–Kier alpha value is -3.13. The number of benzene rings is 3. The summed E-state index contributed by atoms with van der Waals surface area (Å²) in [6, 6.07) is 13.3. The van der Waals surface area contributed by atoms with Gasteiger partial charge in [-0.05, 0) is 56.0 Å². The van der Waals surface area contributed by atoms with Crippen molar-refractivity contribution in [2.75, 3.05) is 4.72 Å². The van der Waals surface area contributed by atoms with Gasteiger partial charge in [-0.25, -0.2) is 17.6 Å². The van der Waals surface area contributed by atoms with Gasteiger partial charge in [0.2, 0.25) is 0 Å². The molecule has 168 valence electrons. The van der Waals surface area contributed by atoms with Crippen LogP contribution in [-0.2, 0) is 10.0 Å². The third kappa shape index (κ3) is 4.70. The molecule has 0 aliphatic heterocycles. The normalized spacial score (nSPS) is 15.3. The lowest BCUT2D eigenvalue weighted by Crippen LogP contribution is -2.16. The number of sulfonamides is 1. The van der Waals surface area contributed by atoms with Crippen molar-refractivity contribution in [3.8, 4) is 5.75 Å². The molecule has 8 heteroatoms. The number of anilines is 1. The zero-order valence-corrected chi connectivity index (χ0v) is 18.2. The molecule has 0 spiro atoms. The number of carboxylic acids is 1. The van der Waals surface area contributed by atoms with E-state index in [4.69, 9.17) is 9.84 Å². The predicted molar refractivity (Wildman–Crippen MR) is 120 cm³/mol. The van der Waals surface area contributed by atoms with Crippen molar-refractivity contribution < 1.29 is 27.4 Å². The lowest BCUT2D eigenvalue weighted by molar-refractivity contribution is 0.0692. The van der Waals surface area contributed by atoms with Crippen molar-refractivity contribution >= 4 is 32.5 Å². The zero-order chi connectivity index (χ0) is 22.7. The SMILES string of the molecule is O=C(O)c1cc(NS(=O)(=O)c2ccc(OC3CCCCCC3)c3ccccc23)ccc1F. The summed E-state index contributed by atoms with van der Waals surface area (Å²) in [6.07, 6.45) is 6.71. The second-order valence-corrected chi connectivity index (χ2v) is 9.59. The average molecular weight is 458 g/mol. The number of halogens is 1. The molecule has 1 fully saturated rings. The van der Waals surface area contributed by atoms with E-state index in [2.05, 4.69) is 4.72 Å². The molecule has 4 rings (SSSR count). The Balaban J connectivity index is 1.68. The van der Waals surface area contributed by atoms with E-state index in [0.717, 1.165) is 37.8 Å². The van der Waals surface area contributed by atoms with Gasteiger partial charge in [0.05, 0.1) is 16.6 Å². The number of aromatic carboxylic acids is 1. The van der Waals surface area contributed by atoms with Crippen LogP contribution in [0.5, 0.6) is 5.75 Å². The molecule has 1 saturated carbocycles. The topological polar surface area (TPSA) is 92.7 Å². The molecule has 0 heterocycles. The summed E-state index contributed by atoms with van der Waals surface area (Å²) < 4.78 is 48.6. The molecule has 1 aliphatic carbocycles. The van der Waals surface area contributed by atoms with E-state index < -0.39 is 27.4 Å². The first-order chi connectivity index (χ1) is 15.3. The maximum absolute atomic E-state index is 13.7. The molecule has 0 radical (unpaired) electrons. The molecule has 0 unspecified atom stereocenters. The van der Waals surface area contributed by atoms with Gasteiger partial charge < -0.3 is 9.84 Å². The molecule has 32 heavy (non-hydrogen) atoms. The fraction of sp³-hybridized carbons (Fsp3) is 0.292. The van der Waals surface area contributed by atoms with Crippen LogP contribution in [0.2, 0.25) is 0 Å². The minimum Gasteiger partial charge on any atom is -0.490 e. The van der Waals surface area contributed by atoms with E-state index in [1.807, 2.05) is 12.1 Å². The Morgan fingerprint density at radius 1 is 0.969 bits per heavy atom. The van der Waals surface area contributed by atoms with Crippen molar-refractivity contribution in [3.63, 3.8) is 0 Å². The Bertz CT molecular complexity index is 1250. The van der Waals surface area contributed by atoms with Crippen molar-refractivity contribution in [2.45, 2.75) is 49.5 Å². The second-order valence-electron chi connectivity index (χ2n) is 7.94. The number of rotatable bonds is 6. The van der Waals surface area contributed by atoms with Crippen LogP contribution >= 0.6 is 0 Å². The van der Waals surface area contributed by atoms with Crippen LogP contribution in [0.15, 0.2) is 59.5 Å². The largest absolute Gasteiger partial charge is 0.490 e. The van der Waals surface area contributed by atoms with E-state index in [1.165, 1.54) is 25.0 Å². The standard InChI is InChI=1S/C24H24FNO5S/c25-21-12-11-16(15-20(21)24(27)28)26-32(29,30)23-14-13-22(18-9-5-6-10-19(18)23)31-17-7-3-1-2-4-8-17/h5-6,9-15,17,26H,1-4,7-8H2,(H,27,28). The summed E-state index contributed by atoms with van der Waals surface area (Å²) in [5.41, 5.74) is -0.645. The number of carboxylic acid groups (broad SMARTS) is 1. The second kappa shape index (κ2) is 9.16.